The van der Waals surface area contributed by atoms with Gasteiger partial charge in [-0.25, -0.2) is 0 Å². The van der Waals surface area contributed by atoms with Crippen LogP contribution in [0.2, 0.25) is 0 Å². The summed E-state index contributed by atoms with van der Waals surface area (Å²) in [6.45, 7) is 4.26. The smallest absolute Gasteiger partial charge is 0.254 e. The fourth-order valence-corrected chi connectivity index (χ4v) is 4.18. The second-order valence-corrected chi connectivity index (χ2v) is 7.39. The van der Waals surface area contributed by atoms with E-state index in [1.807, 2.05) is 9.80 Å². The van der Waals surface area contributed by atoms with E-state index in [1.165, 1.54) is 0 Å². The van der Waals surface area contributed by atoms with Crippen molar-refractivity contribution in [3.8, 4) is 0 Å². The number of ether oxygens (including phenoxy) is 2. The van der Waals surface area contributed by atoms with Gasteiger partial charge in [-0.2, -0.15) is 0 Å². The van der Waals surface area contributed by atoms with Gasteiger partial charge in [0.1, 0.15) is 5.60 Å². The fraction of sp³-hybridized carbons (Fsp3) is 0.632. The van der Waals surface area contributed by atoms with Crippen LogP contribution in [0, 0.1) is 5.92 Å². The summed E-state index contributed by atoms with van der Waals surface area (Å²) < 4.78 is 11.5. The third-order valence-corrected chi connectivity index (χ3v) is 5.66. The Bertz CT molecular complexity index is 662. The van der Waals surface area contributed by atoms with Crippen molar-refractivity contribution in [2.24, 2.45) is 5.92 Å². The minimum atomic E-state index is -0.429. The lowest BCUT2D eigenvalue weighted by molar-refractivity contribution is -0.155. The number of morpholine rings is 1. The summed E-state index contributed by atoms with van der Waals surface area (Å²) in [5, 5.41) is 0. The van der Waals surface area contributed by atoms with Gasteiger partial charge in [0.2, 0.25) is 5.91 Å². The predicted molar refractivity (Wildman–Crippen MR) is 93.6 cm³/mol. The molecule has 3 aliphatic rings. The maximum atomic E-state index is 12.9. The normalized spacial score (nSPS) is 27.1. The number of amides is 2. The van der Waals surface area contributed by atoms with Crippen LogP contribution in [0.5, 0.6) is 0 Å². The standard InChI is InChI=1S/C19H25N3O4/c23-17(15-1-6-20-7-2-15)21-8-5-19(13-21)14-22(9-12-26-19)18(24)16-3-10-25-11-4-16/h1-2,6-7,16H,3-5,8-14H2. The number of hydrogen-bond donors (Lipinski definition) is 0. The van der Waals surface area contributed by atoms with Gasteiger partial charge in [-0.1, -0.05) is 0 Å². The highest BCUT2D eigenvalue weighted by atomic mass is 16.5. The summed E-state index contributed by atoms with van der Waals surface area (Å²) in [6, 6.07) is 3.46. The summed E-state index contributed by atoms with van der Waals surface area (Å²) in [7, 11) is 0. The molecule has 2 amide bonds. The van der Waals surface area contributed by atoms with Crippen LogP contribution in [0.4, 0.5) is 0 Å². The van der Waals surface area contributed by atoms with Crippen molar-refractivity contribution in [3.63, 3.8) is 0 Å². The molecule has 4 rings (SSSR count). The lowest BCUT2D eigenvalue weighted by Gasteiger charge is -2.41. The lowest BCUT2D eigenvalue weighted by Crippen LogP contribution is -2.56. The molecule has 1 spiro atoms. The molecule has 7 nitrogen and oxygen atoms in total. The van der Waals surface area contributed by atoms with Gasteiger partial charge < -0.3 is 19.3 Å². The highest BCUT2D eigenvalue weighted by molar-refractivity contribution is 5.94. The van der Waals surface area contributed by atoms with E-state index in [4.69, 9.17) is 9.47 Å². The first-order chi connectivity index (χ1) is 12.7. The number of rotatable bonds is 2. The number of aromatic nitrogens is 1. The zero-order valence-corrected chi connectivity index (χ0v) is 14.9. The van der Waals surface area contributed by atoms with Crippen LogP contribution < -0.4 is 0 Å². The molecule has 1 aromatic heterocycles. The van der Waals surface area contributed by atoms with Gasteiger partial charge in [0.25, 0.3) is 5.91 Å². The zero-order valence-electron chi connectivity index (χ0n) is 14.9. The molecule has 0 radical (unpaired) electrons. The average Bonchev–Trinajstić information content (AvgIpc) is 3.11. The van der Waals surface area contributed by atoms with Gasteiger partial charge in [0.05, 0.1) is 19.7 Å². The van der Waals surface area contributed by atoms with E-state index in [0.717, 1.165) is 19.3 Å². The first kappa shape index (κ1) is 17.4. The SMILES string of the molecule is O=C(c1ccncc1)N1CCC2(C1)CN(C(=O)C1CCOCC1)CCO2. The number of pyridine rings is 1. The van der Waals surface area contributed by atoms with Crippen molar-refractivity contribution < 1.29 is 19.1 Å². The summed E-state index contributed by atoms with van der Waals surface area (Å²) in [5.74, 6) is 0.283. The summed E-state index contributed by atoms with van der Waals surface area (Å²) >= 11 is 0. The zero-order chi connectivity index (χ0) is 18.0. The molecule has 3 saturated heterocycles. The third kappa shape index (κ3) is 3.46. The van der Waals surface area contributed by atoms with E-state index in [9.17, 15) is 9.59 Å². The van der Waals surface area contributed by atoms with Gasteiger partial charge in [-0.15, -0.1) is 0 Å². The van der Waals surface area contributed by atoms with Crippen LogP contribution >= 0.6 is 0 Å². The van der Waals surface area contributed by atoms with E-state index < -0.39 is 5.60 Å². The molecule has 0 bridgehead atoms. The second kappa shape index (κ2) is 7.32. The largest absolute Gasteiger partial charge is 0.381 e. The number of hydrogen-bond acceptors (Lipinski definition) is 5. The van der Waals surface area contributed by atoms with Gasteiger partial charge >= 0.3 is 0 Å². The van der Waals surface area contributed by atoms with Crippen LogP contribution in [0.3, 0.4) is 0 Å². The van der Waals surface area contributed by atoms with Crippen LogP contribution in [-0.4, -0.2) is 78.2 Å². The third-order valence-electron chi connectivity index (χ3n) is 5.66. The van der Waals surface area contributed by atoms with E-state index in [1.54, 1.807) is 24.5 Å². The van der Waals surface area contributed by atoms with E-state index in [-0.39, 0.29) is 17.7 Å². The number of nitrogens with zero attached hydrogens (tertiary/aromatic N) is 3. The van der Waals surface area contributed by atoms with Crippen LogP contribution in [0.15, 0.2) is 24.5 Å². The minimum Gasteiger partial charge on any atom is -0.381 e. The molecule has 26 heavy (non-hydrogen) atoms. The molecule has 140 valence electrons. The monoisotopic (exact) mass is 359 g/mol. The Labute approximate surface area is 153 Å². The highest BCUT2D eigenvalue weighted by Gasteiger charge is 2.46. The van der Waals surface area contributed by atoms with E-state index in [0.29, 0.717) is 51.6 Å². The highest BCUT2D eigenvalue weighted by Crippen LogP contribution is 2.31. The summed E-state index contributed by atoms with van der Waals surface area (Å²) in [5.41, 5.74) is 0.213. The van der Waals surface area contributed by atoms with Crippen molar-refractivity contribution in [3.05, 3.63) is 30.1 Å². The quantitative estimate of drug-likeness (QED) is 0.786. The van der Waals surface area contributed by atoms with Gasteiger partial charge in [0.15, 0.2) is 0 Å². The molecular weight excluding hydrogens is 334 g/mol. The molecule has 3 fully saturated rings. The Balaban J connectivity index is 1.41. The molecule has 4 heterocycles. The minimum absolute atomic E-state index is 0.000698. The average molecular weight is 359 g/mol. The van der Waals surface area contributed by atoms with Crippen LogP contribution in [0.1, 0.15) is 29.6 Å². The summed E-state index contributed by atoms with van der Waals surface area (Å²) in [4.78, 5) is 33.3. The Kier molecular flexibility index (Phi) is 4.91. The second-order valence-electron chi connectivity index (χ2n) is 7.39. The maximum Gasteiger partial charge on any atom is 0.254 e. The Morgan fingerprint density at radius 1 is 1.04 bits per heavy atom. The van der Waals surface area contributed by atoms with Gasteiger partial charge in [0, 0.05) is 50.2 Å². The van der Waals surface area contributed by atoms with Crippen LogP contribution in [-0.2, 0) is 14.3 Å². The summed E-state index contributed by atoms with van der Waals surface area (Å²) in [6.07, 6.45) is 5.63. The van der Waals surface area contributed by atoms with Gasteiger partial charge in [-0.05, 0) is 31.4 Å². The predicted octanol–water partition coefficient (Wildman–Crippen LogP) is 0.952. The molecule has 0 aromatic carbocycles. The molecule has 1 aromatic rings. The molecule has 0 saturated carbocycles. The number of carbonyl (C=O) groups excluding carboxylic acids is 2. The van der Waals surface area contributed by atoms with E-state index in [2.05, 4.69) is 4.98 Å². The van der Waals surface area contributed by atoms with Gasteiger partial charge in [-0.3, -0.25) is 14.6 Å². The first-order valence-electron chi connectivity index (χ1n) is 9.37. The molecule has 1 atom stereocenters. The van der Waals surface area contributed by atoms with Crippen molar-refractivity contribution in [2.75, 3.05) is 46.0 Å². The van der Waals surface area contributed by atoms with Crippen molar-refractivity contribution >= 4 is 11.8 Å². The van der Waals surface area contributed by atoms with Crippen molar-refractivity contribution in [1.29, 1.82) is 0 Å². The first-order valence-corrected chi connectivity index (χ1v) is 9.37. The Morgan fingerprint density at radius 3 is 2.54 bits per heavy atom. The maximum absolute atomic E-state index is 12.9. The molecule has 0 aliphatic carbocycles. The molecule has 1 unspecified atom stereocenters. The van der Waals surface area contributed by atoms with E-state index >= 15 is 0 Å². The number of likely N-dealkylation sites (tertiary alicyclic amines) is 1. The Morgan fingerprint density at radius 2 is 1.77 bits per heavy atom. The number of carbonyl (C=O) groups is 2. The lowest BCUT2D eigenvalue weighted by atomic mass is 9.95. The molecule has 3 aliphatic heterocycles. The Hall–Kier alpha value is -1.99. The van der Waals surface area contributed by atoms with Crippen LogP contribution in [0.25, 0.3) is 0 Å². The van der Waals surface area contributed by atoms with Crippen molar-refractivity contribution in [2.45, 2.75) is 24.9 Å². The molecular formula is C19H25N3O4. The topological polar surface area (TPSA) is 72.0 Å². The molecule has 0 N–H and O–H groups in total. The van der Waals surface area contributed by atoms with Crippen molar-refractivity contribution in [1.82, 2.24) is 14.8 Å². The molecule has 7 heteroatoms. The fourth-order valence-electron chi connectivity index (χ4n) is 4.18.